The van der Waals surface area contributed by atoms with E-state index in [0.717, 1.165) is 16.0 Å². The molecule has 0 atom stereocenters. The first kappa shape index (κ1) is 21.3. The van der Waals surface area contributed by atoms with Crippen LogP contribution in [0.15, 0.2) is 41.3 Å². The number of rotatable bonds is 5. The van der Waals surface area contributed by atoms with Gasteiger partial charge in [-0.3, -0.25) is 14.5 Å². The molecule has 1 saturated heterocycles. The highest BCUT2D eigenvalue weighted by molar-refractivity contribution is 7.89. The first-order valence-corrected chi connectivity index (χ1v) is 11.5. The molecule has 9 heteroatoms. The molecular weight excluding hydrogens is 420 g/mol. The number of imide groups is 1. The highest BCUT2D eigenvalue weighted by Crippen LogP contribution is 2.35. The normalized spacial score (nSPS) is 17.4. The van der Waals surface area contributed by atoms with E-state index in [9.17, 15) is 18.0 Å². The molecule has 0 bridgehead atoms. The molecule has 0 aliphatic carbocycles. The van der Waals surface area contributed by atoms with Crippen LogP contribution in [0.25, 0.3) is 0 Å². The monoisotopic (exact) mass is 444 g/mol. The lowest BCUT2D eigenvalue weighted by Crippen LogP contribution is -2.40. The molecule has 8 nitrogen and oxygen atoms in total. The number of carbonyl (C=O) groups is 2. The fourth-order valence-electron chi connectivity index (χ4n) is 4.02. The molecule has 0 unspecified atom stereocenters. The molecule has 2 aliphatic rings. The number of carbonyl (C=O) groups excluding carboxylic acids is 2. The molecule has 0 saturated carbocycles. The Morgan fingerprint density at radius 1 is 0.839 bits per heavy atom. The van der Waals surface area contributed by atoms with Gasteiger partial charge in [0.1, 0.15) is 0 Å². The third-order valence-electron chi connectivity index (χ3n) is 5.70. The number of methoxy groups -OCH3 is 2. The van der Waals surface area contributed by atoms with Crippen LogP contribution in [0.3, 0.4) is 0 Å². The van der Waals surface area contributed by atoms with E-state index < -0.39 is 10.0 Å². The van der Waals surface area contributed by atoms with E-state index in [-0.39, 0.29) is 23.3 Å². The third kappa shape index (κ3) is 3.90. The van der Waals surface area contributed by atoms with Gasteiger partial charge in [0.15, 0.2) is 11.5 Å². The van der Waals surface area contributed by atoms with Crippen LogP contribution in [0.2, 0.25) is 0 Å². The van der Waals surface area contributed by atoms with Crippen molar-refractivity contribution in [2.24, 2.45) is 0 Å². The molecule has 0 radical (unpaired) electrons. The lowest BCUT2D eigenvalue weighted by molar-refractivity contribution is -0.129. The third-order valence-corrected chi connectivity index (χ3v) is 7.56. The summed E-state index contributed by atoms with van der Waals surface area (Å²) in [7, 11) is -0.631. The van der Waals surface area contributed by atoms with Gasteiger partial charge in [-0.25, -0.2) is 8.42 Å². The first-order chi connectivity index (χ1) is 14.8. The van der Waals surface area contributed by atoms with E-state index in [1.54, 1.807) is 14.2 Å². The second-order valence-corrected chi connectivity index (χ2v) is 9.47. The SMILES string of the molecule is COc1cc2c(cc1OC)CN(S(=O)(=O)c1ccc(N3C(=O)CCCC3=O)cc1)CC2. The maximum absolute atomic E-state index is 13.2. The maximum Gasteiger partial charge on any atom is 0.243 e. The summed E-state index contributed by atoms with van der Waals surface area (Å²) in [5.41, 5.74) is 2.30. The van der Waals surface area contributed by atoms with Crippen molar-refractivity contribution in [1.82, 2.24) is 4.31 Å². The van der Waals surface area contributed by atoms with Crippen LogP contribution in [-0.2, 0) is 32.6 Å². The molecule has 4 rings (SSSR count). The number of hydrogen-bond donors (Lipinski definition) is 0. The molecule has 0 spiro atoms. The van der Waals surface area contributed by atoms with Gasteiger partial charge in [-0.15, -0.1) is 0 Å². The molecule has 2 heterocycles. The topological polar surface area (TPSA) is 93.2 Å². The maximum atomic E-state index is 13.2. The molecule has 164 valence electrons. The van der Waals surface area contributed by atoms with E-state index in [4.69, 9.17) is 9.47 Å². The smallest absolute Gasteiger partial charge is 0.243 e. The zero-order valence-electron chi connectivity index (χ0n) is 17.5. The van der Waals surface area contributed by atoms with Crippen LogP contribution in [0.4, 0.5) is 5.69 Å². The second-order valence-electron chi connectivity index (χ2n) is 7.53. The van der Waals surface area contributed by atoms with Crippen LogP contribution >= 0.6 is 0 Å². The van der Waals surface area contributed by atoms with Gasteiger partial charge in [0.05, 0.1) is 24.8 Å². The molecular formula is C22H24N2O6S. The molecule has 0 aromatic heterocycles. The van der Waals surface area contributed by atoms with E-state index in [2.05, 4.69) is 0 Å². The molecule has 2 aliphatic heterocycles. The zero-order valence-corrected chi connectivity index (χ0v) is 18.3. The van der Waals surface area contributed by atoms with Crippen LogP contribution in [0, 0.1) is 0 Å². The van der Waals surface area contributed by atoms with Crippen molar-refractivity contribution in [1.29, 1.82) is 0 Å². The van der Waals surface area contributed by atoms with Crippen LogP contribution in [0.5, 0.6) is 11.5 Å². The predicted molar refractivity (Wildman–Crippen MR) is 114 cm³/mol. The number of nitrogens with zero attached hydrogens (tertiary/aromatic N) is 2. The summed E-state index contributed by atoms with van der Waals surface area (Å²) >= 11 is 0. The number of amides is 2. The summed E-state index contributed by atoms with van der Waals surface area (Å²) in [6.07, 6.45) is 1.73. The van der Waals surface area contributed by atoms with Gasteiger partial charge in [0, 0.05) is 25.9 Å². The number of fused-ring (bicyclic) bond motifs is 1. The first-order valence-electron chi connectivity index (χ1n) is 10.0. The number of anilines is 1. The quantitative estimate of drug-likeness (QED) is 0.658. The predicted octanol–water partition coefficient (Wildman–Crippen LogP) is 2.49. The number of benzene rings is 2. The van der Waals surface area contributed by atoms with Crippen molar-refractivity contribution in [2.75, 3.05) is 25.7 Å². The Labute approximate surface area is 181 Å². The van der Waals surface area contributed by atoms with Crippen molar-refractivity contribution < 1.29 is 27.5 Å². The number of piperidine rings is 1. The van der Waals surface area contributed by atoms with Crippen molar-refractivity contribution in [3.05, 3.63) is 47.5 Å². The number of sulfonamides is 1. The van der Waals surface area contributed by atoms with Crippen molar-refractivity contribution in [2.45, 2.75) is 37.1 Å². The van der Waals surface area contributed by atoms with Crippen molar-refractivity contribution >= 4 is 27.5 Å². The molecule has 0 N–H and O–H groups in total. The Morgan fingerprint density at radius 2 is 1.42 bits per heavy atom. The fraction of sp³-hybridized carbons (Fsp3) is 0.364. The molecule has 31 heavy (non-hydrogen) atoms. The summed E-state index contributed by atoms with van der Waals surface area (Å²) in [6.45, 7) is 0.568. The summed E-state index contributed by atoms with van der Waals surface area (Å²) in [4.78, 5) is 25.5. The van der Waals surface area contributed by atoms with Gasteiger partial charge >= 0.3 is 0 Å². The lowest BCUT2D eigenvalue weighted by atomic mass is 10.0. The lowest BCUT2D eigenvalue weighted by Gasteiger charge is -2.29. The van der Waals surface area contributed by atoms with Gasteiger partial charge < -0.3 is 9.47 Å². The van der Waals surface area contributed by atoms with E-state index >= 15 is 0 Å². The summed E-state index contributed by atoms with van der Waals surface area (Å²) < 4.78 is 38.5. The minimum Gasteiger partial charge on any atom is -0.493 e. The average Bonchev–Trinajstić information content (AvgIpc) is 2.78. The molecule has 2 aromatic rings. The molecule has 2 amide bonds. The Balaban J connectivity index is 1.58. The minimum absolute atomic E-state index is 0.122. The van der Waals surface area contributed by atoms with Gasteiger partial charge in [0.25, 0.3) is 0 Å². The molecule has 1 fully saturated rings. The van der Waals surface area contributed by atoms with E-state index in [0.29, 0.717) is 49.4 Å². The average molecular weight is 445 g/mol. The van der Waals surface area contributed by atoms with Gasteiger partial charge in [0.2, 0.25) is 21.8 Å². The minimum atomic E-state index is -3.74. The van der Waals surface area contributed by atoms with Gasteiger partial charge in [-0.1, -0.05) is 0 Å². The second kappa shape index (κ2) is 8.32. The Morgan fingerprint density at radius 3 is 2.00 bits per heavy atom. The van der Waals surface area contributed by atoms with Crippen LogP contribution < -0.4 is 14.4 Å². The highest BCUT2D eigenvalue weighted by Gasteiger charge is 2.31. The van der Waals surface area contributed by atoms with E-state index in [1.807, 2.05) is 12.1 Å². The largest absolute Gasteiger partial charge is 0.493 e. The molecule has 2 aromatic carbocycles. The van der Waals surface area contributed by atoms with Crippen molar-refractivity contribution in [3.63, 3.8) is 0 Å². The van der Waals surface area contributed by atoms with Crippen LogP contribution in [0.1, 0.15) is 30.4 Å². The summed E-state index contributed by atoms with van der Waals surface area (Å²) in [6, 6.07) is 9.62. The van der Waals surface area contributed by atoms with Crippen LogP contribution in [-0.4, -0.2) is 45.3 Å². The Bertz CT molecular complexity index is 1110. The van der Waals surface area contributed by atoms with Gasteiger partial charge in [-0.05, 0) is 60.4 Å². The number of hydrogen-bond acceptors (Lipinski definition) is 6. The zero-order chi connectivity index (χ0) is 22.2. The summed E-state index contributed by atoms with van der Waals surface area (Å²) in [5.74, 6) is 0.656. The van der Waals surface area contributed by atoms with Crippen molar-refractivity contribution in [3.8, 4) is 11.5 Å². The Kier molecular flexibility index (Phi) is 5.72. The van der Waals surface area contributed by atoms with E-state index in [1.165, 1.54) is 28.6 Å². The highest BCUT2D eigenvalue weighted by atomic mass is 32.2. The number of ether oxygens (including phenoxy) is 2. The summed E-state index contributed by atoms with van der Waals surface area (Å²) in [5, 5.41) is 0. The Hall–Kier alpha value is -2.91. The standard InChI is InChI=1S/C22H24N2O6S/c1-29-19-12-15-10-11-23(14-16(15)13-20(19)30-2)31(27,28)18-8-6-17(7-9-18)24-21(25)4-3-5-22(24)26/h6-9,12-13H,3-5,10-11,14H2,1-2H3. The van der Waals surface area contributed by atoms with Gasteiger partial charge in [-0.2, -0.15) is 4.31 Å². The fourth-order valence-corrected chi connectivity index (χ4v) is 5.44.